The SMILES string of the molecule is COc1ccc(NCC(=O)Nc2cccc(S(=O)(=O)N3CCOCC3)c2)c(C)c1. The Balaban J connectivity index is 1.63. The van der Waals surface area contributed by atoms with Gasteiger partial charge in [0.15, 0.2) is 0 Å². The number of amides is 1. The van der Waals surface area contributed by atoms with Gasteiger partial charge in [0.05, 0.1) is 31.8 Å². The zero-order chi connectivity index (χ0) is 20.9. The monoisotopic (exact) mass is 419 g/mol. The first-order chi connectivity index (χ1) is 13.9. The molecule has 2 aromatic rings. The number of morpholine rings is 1. The number of carbonyl (C=O) groups is 1. The van der Waals surface area contributed by atoms with E-state index < -0.39 is 10.0 Å². The molecule has 1 aliphatic rings. The molecule has 3 rings (SSSR count). The highest BCUT2D eigenvalue weighted by Gasteiger charge is 2.26. The number of carbonyl (C=O) groups excluding carboxylic acids is 1. The van der Waals surface area contributed by atoms with Gasteiger partial charge in [-0.3, -0.25) is 4.79 Å². The quantitative estimate of drug-likeness (QED) is 0.713. The van der Waals surface area contributed by atoms with Gasteiger partial charge in [0.2, 0.25) is 15.9 Å². The average molecular weight is 420 g/mol. The number of sulfonamides is 1. The number of benzene rings is 2. The van der Waals surface area contributed by atoms with Gasteiger partial charge >= 0.3 is 0 Å². The number of aryl methyl sites for hydroxylation is 1. The standard InChI is InChI=1S/C20H25N3O5S/c1-15-12-17(27-2)6-7-19(15)21-14-20(24)22-16-4-3-5-18(13-16)29(25,26)23-8-10-28-11-9-23/h3-7,12-13,21H,8-11,14H2,1-2H3,(H,22,24). The molecule has 29 heavy (non-hydrogen) atoms. The summed E-state index contributed by atoms with van der Waals surface area (Å²) in [5.74, 6) is 0.469. The molecule has 1 fully saturated rings. The minimum absolute atomic E-state index is 0.0492. The molecule has 156 valence electrons. The molecule has 0 bridgehead atoms. The van der Waals surface area contributed by atoms with E-state index in [0.717, 1.165) is 17.0 Å². The largest absolute Gasteiger partial charge is 0.497 e. The Morgan fingerprint density at radius 1 is 1.17 bits per heavy atom. The Morgan fingerprint density at radius 3 is 2.62 bits per heavy atom. The predicted molar refractivity (Wildman–Crippen MR) is 111 cm³/mol. The number of methoxy groups -OCH3 is 1. The molecule has 2 aromatic carbocycles. The fourth-order valence-corrected chi connectivity index (χ4v) is 4.47. The molecule has 0 atom stereocenters. The van der Waals surface area contributed by atoms with E-state index in [1.807, 2.05) is 25.1 Å². The number of nitrogens with zero attached hydrogens (tertiary/aromatic N) is 1. The summed E-state index contributed by atoms with van der Waals surface area (Å²) in [5, 5.41) is 5.81. The smallest absolute Gasteiger partial charge is 0.243 e. The first kappa shape index (κ1) is 21.1. The van der Waals surface area contributed by atoms with Gasteiger partial charge in [-0.15, -0.1) is 0 Å². The van der Waals surface area contributed by atoms with Gasteiger partial charge in [0.1, 0.15) is 5.75 Å². The minimum atomic E-state index is -3.61. The molecule has 1 heterocycles. The maximum Gasteiger partial charge on any atom is 0.243 e. The summed E-state index contributed by atoms with van der Waals surface area (Å²) in [6.07, 6.45) is 0. The van der Waals surface area contributed by atoms with Crippen molar-refractivity contribution in [2.24, 2.45) is 0 Å². The molecule has 0 aliphatic carbocycles. The number of hydrogen-bond donors (Lipinski definition) is 2. The van der Waals surface area contributed by atoms with Crippen molar-refractivity contribution in [1.29, 1.82) is 0 Å². The number of rotatable bonds is 7. The van der Waals surface area contributed by atoms with Crippen LogP contribution in [0.4, 0.5) is 11.4 Å². The van der Waals surface area contributed by atoms with Gasteiger partial charge in [-0.2, -0.15) is 4.31 Å². The minimum Gasteiger partial charge on any atom is -0.497 e. The zero-order valence-corrected chi connectivity index (χ0v) is 17.3. The maximum atomic E-state index is 12.8. The highest BCUT2D eigenvalue weighted by atomic mass is 32.2. The lowest BCUT2D eigenvalue weighted by atomic mass is 10.2. The third-order valence-corrected chi connectivity index (χ3v) is 6.49. The molecule has 0 spiro atoms. The molecule has 9 heteroatoms. The average Bonchev–Trinajstić information content (AvgIpc) is 2.73. The van der Waals surface area contributed by atoms with E-state index in [0.29, 0.717) is 32.0 Å². The van der Waals surface area contributed by atoms with E-state index in [-0.39, 0.29) is 17.3 Å². The van der Waals surface area contributed by atoms with Crippen LogP contribution in [0.2, 0.25) is 0 Å². The van der Waals surface area contributed by atoms with E-state index in [9.17, 15) is 13.2 Å². The van der Waals surface area contributed by atoms with Gasteiger partial charge in [-0.05, 0) is 48.9 Å². The highest BCUT2D eigenvalue weighted by molar-refractivity contribution is 7.89. The Kier molecular flexibility index (Phi) is 6.73. The zero-order valence-electron chi connectivity index (χ0n) is 16.5. The van der Waals surface area contributed by atoms with Crippen molar-refractivity contribution < 1.29 is 22.7 Å². The Bertz CT molecular complexity index is 972. The van der Waals surface area contributed by atoms with Gasteiger partial charge in [-0.1, -0.05) is 6.07 Å². The Morgan fingerprint density at radius 2 is 1.93 bits per heavy atom. The first-order valence-corrected chi connectivity index (χ1v) is 10.7. The van der Waals surface area contributed by atoms with Crippen LogP contribution < -0.4 is 15.4 Å². The summed E-state index contributed by atoms with van der Waals surface area (Å²) in [4.78, 5) is 12.5. The van der Waals surface area contributed by atoms with E-state index >= 15 is 0 Å². The lowest BCUT2D eigenvalue weighted by Crippen LogP contribution is -2.40. The topological polar surface area (TPSA) is 97.0 Å². The molecule has 0 aromatic heterocycles. The molecule has 2 N–H and O–H groups in total. The lowest BCUT2D eigenvalue weighted by molar-refractivity contribution is -0.114. The van der Waals surface area contributed by atoms with Crippen LogP contribution in [0.15, 0.2) is 47.4 Å². The summed E-state index contributed by atoms with van der Waals surface area (Å²) < 4.78 is 37.3. The van der Waals surface area contributed by atoms with Gasteiger partial charge < -0.3 is 20.1 Å². The van der Waals surface area contributed by atoms with Crippen LogP contribution in [0, 0.1) is 6.92 Å². The van der Waals surface area contributed by atoms with Crippen LogP contribution >= 0.6 is 0 Å². The molecule has 1 aliphatic heterocycles. The van der Waals surface area contributed by atoms with Crippen molar-refractivity contribution in [3.05, 3.63) is 48.0 Å². The third kappa shape index (κ3) is 5.26. The second-order valence-corrected chi connectivity index (χ2v) is 8.56. The second kappa shape index (κ2) is 9.25. The van der Waals surface area contributed by atoms with E-state index in [1.54, 1.807) is 19.2 Å². The molecular weight excluding hydrogens is 394 g/mol. The van der Waals surface area contributed by atoms with E-state index in [1.165, 1.54) is 16.4 Å². The van der Waals surface area contributed by atoms with E-state index in [2.05, 4.69) is 10.6 Å². The van der Waals surface area contributed by atoms with Crippen molar-refractivity contribution >= 4 is 27.3 Å². The second-order valence-electron chi connectivity index (χ2n) is 6.63. The number of hydrogen-bond acceptors (Lipinski definition) is 6. The predicted octanol–water partition coefficient (Wildman–Crippen LogP) is 2.08. The molecule has 0 unspecified atom stereocenters. The van der Waals surface area contributed by atoms with Crippen LogP contribution in [-0.4, -0.2) is 58.6 Å². The fourth-order valence-electron chi connectivity index (χ4n) is 3.01. The van der Waals surface area contributed by atoms with Crippen molar-refractivity contribution in [3.63, 3.8) is 0 Å². The third-order valence-electron chi connectivity index (χ3n) is 4.60. The van der Waals surface area contributed by atoms with Gasteiger partial charge in [0, 0.05) is 24.5 Å². The van der Waals surface area contributed by atoms with Crippen molar-refractivity contribution in [1.82, 2.24) is 4.31 Å². The summed E-state index contributed by atoms with van der Waals surface area (Å²) >= 11 is 0. The van der Waals surface area contributed by atoms with E-state index in [4.69, 9.17) is 9.47 Å². The summed E-state index contributed by atoms with van der Waals surface area (Å²) in [6.45, 7) is 3.38. The number of anilines is 2. The van der Waals surface area contributed by atoms with Crippen LogP contribution in [0.3, 0.4) is 0 Å². The molecule has 0 radical (unpaired) electrons. The molecule has 0 saturated carbocycles. The lowest BCUT2D eigenvalue weighted by Gasteiger charge is -2.26. The van der Waals surface area contributed by atoms with Crippen LogP contribution in [-0.2, 0) is 19.6 Å². The fraction of sp³-hybridized carbons (Fsp3) is 0.350. The van der Waals surface area contributed by atoms with Crippen molar-refractivity contribution in [2.75, 3.05) is 50.6 Å². The molecule has 1 saturated heterocycles. The van der Waals surface area contributed by atoms with Gasteiger partial charge in [-0.25, -0.2) is 8.42 Å². The Labute approximate surface area is 170 Å². The molecular formula is C20H25N3O5S. The summed E-state index contributed by atoms with van der Waals surface area (Å²) in [7, 11) is -2.01. The van der Waals surface area contributed by atoms with Gasteiger partial charge in [0.25, 0.3) is 0 Å². The van der Waals surface area contributed by atoms with Crippen LogP contribution in [0.5, 0.6) is 5.75 Å². The Hall–Kier alpha value is -2.62. The summed E-state index contributed by atoms with van der Waals surface area (Å²) in [6, 6.07) is 11.8. The first-order valence-electron chi connectivity index (χ1n) is 9.26. The summed E-state index contributed by atoms with van der Waals surface area (Å²) in [5.41, 5.74) is 2.21. The van der Waals surface area contributed by atoms with Crippen molar-refractivity contribution in [2.45, 2.75) is 11.8 Å². The number of ether oxygens (including phenoxy) is 2. The maximum absolute atomic E-state index is 12.8. The normalized spacial score (nSPS) is 15.0. The molecule has 8 nitrogen and oxygen atoms in total. The van der Waals surface area contributed by atoms with Crippen LogP contribution in [0.25, 0.3) is 0 Å². The number of nitrogens with one attached hydrogen (secondary N) is 2. The van der Waals surface area contributed by atoms with Crippen molar-refractivity contribution in [3.8, 4) is 5.75 Å². The van der Waals surface area contributed by atoms with Crippen LogP contribution in [0.1, 0.15) is 5.56 Å². The molecule has 1 amide bonds. The highest BCUT2D eigenvalue weighted by Crippen LogP contribution is 2.22.